The third-order valence-corrected chi connectivity index (χ3v) is 4.60. The van der Waals surface area contributed by atoms with Crippen molar-refractivity contribution >= 4 is 5.91 Å². The summed E-state index contributed by atoms with van der Waals surface area (Å²) in [5.41, 5.74) is 5.20. The minimum Gasteiger partial charge on any atom is -0.368 e. The van der Waals surface area contributed by atoms with Crippen LogP contribution in [0.4, 0.5) is 0 Å². The van der Waals surface area contributed by atoms with Crippen molar-refractivity contribution in [2.24, 2.45) is 11.7 Å². The second kappa shape index (κ2) is 6.56. The Morgan fingerprint density at radius 2 is 2.29 bits per heavy atom. The van der Waals surface area contributed by atoms with Gasteiger partial charge >= 0.3 is 0 Å². The maximum Gasteiger partial charge on any atom is 0.238 e. The van der Waals surface area contributed by atoms with Crippen LogP contribution in [0, 0.1) is 19.8 Å². The molecule has 1 saturated carbocycles. The number of carbonyl (C=O) groups is 1. The van der Waals surface area contributed by atoms with Crippen LogP contribution in [0.15, 0.2) is 0 Å². The van der Waals surface area contributed by atoms with Crippen molar-refractivity contribution in [2.45, 2.75) is 65.0 Å². The Morgan fingerprint density at radius 3 is 2.86 bits per heavy atom. The number of nitrogens with zero attached hydrogens (tertiary/aromatic N) is 3. The van der Waals surface area contributed by atoms with Gasteiger partial charge in [-0.3, -0.25) is 9.48 Å². The molecule has 1 aliphatic carbocycles. The highest BCUT2D eigenvalue weighted by Crippen LogP contribution is 2.38. The molecular formula is C15H27N5O. The van der Waals surface area contributed by atoms with Gasteiger partial charge in [-0.1, -0.05) is 13.3 Å². The largest absolute Gasteiger partial charge is 0.368 e. The average Bonchev–Trinajstić information content (AvgIpc) is 2.98. The van der Waals surface area contributed by atoms with Crippen molar-refractivity contribution in [3.63, 3.8) is 0 Å². The normalized spacial score (nSPS) is 25.4. The number of aryl methyl sites for hydroxylation is 3. The van der Waals surface area contributed by atoms with E-state index in [4.69, 9.17) is 5.73 Å². The molecule has 0 bridgehead atoms. The van der Waals surface area contributed by atoms with Gasteiger partial charge in [-0.2, -0.15) is 5.10 Å². The Bertz CT molecular complexity index is 498. The minimum absolute atomic E-state index is 0.204. The zero-order chi connectivity index (χ0) is 15.5. The molecule has 1 aliphatic rings. The van der Waals surface area contributed by atoms with E-state index >= 15 is 0 Å². The van der Waals surface area contributed by atoms with E-state index in [-0.39, 0.29) is 11.8 Å². The molecule has 0 saturated heterocycles. The number of carbonyl (C=O) groups excluding carboxylic acids is 1. The smallest absolute Gasteiger partial charge is 0.238 e. The molecule has 2 rings (SSSR count). The van der Waals surface area contributed by atoms with Crippen LogP contribution in [0.3, 0.4) is 0 Å². The fourth-order valence-electron chi connectivity index (χ4n) is 3.51. The zero-order valence-electron chi connectivity index (χ0n) is 13.4. The summed E-state index contributed by atoms with van der Waals surface area (Å²) in [5, 5.41) is 7.83. The minimum atomic E-state index is -0.528. The number of amides is 1. The maximum atomic E-state index is 12.0. The predicted molar refractivity (Wildman–Crippen MR) is 81.7 cm³/mol. The van der Waals surface area contributed by atoms with E-state index in [0.717, 1.165) is 56.8 Å². The molecule has 1 aromatic heterocycles. The fraction of sp³-hybridized carbons (Fsp3) is 0.800. The fourth-order valence-corrected chi connectivity index (χ4v) is 3.51. The molecule has 0 spiro atoms. The SMILES string of the molecule is CCCNC1(C(N)=O)CCCC1CCn1nc(C)nc1C. The molecule has 2 atom stereocenters. The van der Waals surface area contributed by atoms with Crippen LogP contribution in [0.5, 0.6) is 0 Å². The van der Waals surface area contributed by atoms with Crippen LogP contribution in [-0.4, -0.2) is 32.8 Å². The summed E-state index contributed by atoms with van der Waals surface area (Å²) in [6.45, 7) is 7.59. The second-order valence-corrected chi connectivity index (χ2v) is 6.07. The van der Waals surface area contributed by atoms with Crippen LogP contribution in [0.2, 0.25) is 0 Å². The van der Waals surface area contributed by atoms with Crippen molar-refractivity contribution in [2.75, 3.05) is 6.54 Å². The molecule has 6 heteroatoms. The van der Waals surface area contributed by atoms with Gasteiger partial charge in [-0.05, 0) is 52.0 Å². The Labute approximate surface area is 126 Å². The van der Waals surface area contributed by atoms with Gasteiger partial charge in [0, 0.05) is 6.54 Å². The molecule has 1 amide bonds. The van der Waals surface area contributed by atoms with Crippen molar-refractivity contribution in [1.82, 2.24) is 20.1 Å². The summed E-state index contributed by atoms with van der Waals surface area (Å²) in [5.74, 6) is 1.80. The van der Waals surface area contributed by atoms with E-state index in [1.807, 2.05) is 18.5 Å². The van der Waals surface area contributed by atoms with E-state index in [9.17, 15) is 4.79 Å². The molecule has 1 fully saturated rings. The second-order valence-electron chi connectivity index (χ2n) is 6.07. The molecule has 3 N–H and O–H groups in total. The Morgan fingerprint density at radius 1 is 1.52 bits per heavy atom. The van der Waals surface area contributed by atoms with Gasteiger partial charge in [0.05, 0.1) is 0 Å². The van der Waals surface area contributed by atoms with Gasteiger partial charge in [0.15, 0.2) is 0 Å². The number of hydrogen-bond acceptors (Lipinski definition) is 4. The number of primary amides is 1. The number of nitrogens with two attached hydrogens (primary N) is 1. The highest BCUT2D eigenvalue weighted by molar-refractivity contribution is 5.85. The van der Waals surface area contributed by atoms with Crippen LogP contribution in [-0.2, 0) is 11.3 Å². The Balaban J connectivity index is 2.06. The molecule has 21 heavy (non-hydrogen) atoms. The molecule has 0 aliphatic heterocycles. The molecule has 1 heterocycles. The summed E-state index contributed by atoms with van der Waals surface area (Å²) < 4.78 is 1.93. The van der Waals surface area contributed by atoms with Crippen LogP contribution >= 0.6 is 0 Å². The summed E-state index contributed by atoms with van der Waals surface area (Å²) in [6.07, 6.45) is 4.86. The third-order valence-electron chi connectivity index (χ3n) is 4.60. The molecule has 1 aromatic rings. The van der Waals surface area contributed by atoms with E-state index in [1.165, 1.54) is 0 Å². The van der Waals surface area contributed by atoms with Crippen LogP contribution in [0.1, 0.15) is 50.7 Å². The molecule has 0 radical (unpaired) electrons. The summed E-state index contributed by atoms with van der Waals surface area (Å²) in [4.78, 5) is 16.4. The summed E-state index contributed by atoms with van der Waals surface area (Å²) >= 11 is 0. The molecular weight excluding hydrogens is 266 g/mol. The first-order valence-corrected chi connectivity index (χ1v) is 7.92. The third kappa shape index (κ3) is 3.26. The lowest BCUT2D eigenvalue weighted by molar-refractivity contribution is -0.126. The lowest BCUT2D eigenvalue weighted by Crippen LogP contribution is -2.58. The summed E-state index contributed by atoms with van der Waals surface area (Å²) in [7, 11) is 0. The highest BCUT2D eigenvalue weighted by Gasteiger charge is 2.46. The van der Waals surface area contributed by atoms with Crippen LogP contribution < -0.4 is 11.1 Å². The monoisotopic (exact) mass is 293 g/mol. The quantitative estimate of drug-likeness (QED) is 0.793. The molecule has 118 valence electrons. The Hall–Kier alpha value is -1.43. The highest BCUT2D eigenvalue weighted by atomic mass is 16.1. The van der Waals surface area contributed by atoms with Crippen molar-refractivity contribution in [3.05, 3.63) is 11.6 Å². The predicted octanol–water partition coefficient (Wildman–Crippen LogP) is 1.31. The van der Waals surface area contributed by atoms with Gasteiger partial charge in [0.2, 0.25) is 5.91 Å². The lowest BCUT2D eigenvalue weighted by atomic mass is 9.83. The van der Waals surface area contributed by atoms with Gasteiger partial charge in [-0.15, -0.1) is 0 Å². The van der Waals surface area contributed by atoms with Gasteiger partial charge in [0.1, 0.15) is 17.2 Å². The first kappa shape index (κ1) is 15.9. The van der Waals surface area contributed by atoms with E-state index in [0.29, 0.717) is 0 Å². The Kier molecular flexibility index (Phi) is 4.98. The van der Waals surface area contributed by atoms with Crippen LogP contribution in [0.25, 0.3) is 0 Å². The van der Waals surface area contributed by atoms with Crippen molar-refractivity contribution in [1.29, 1.82) is 0 Å². The standard InChI is InChI=1S/C15H27N5O/c1-4-9-17-15(14(16)21)8-5-6-13(15)7-10-20-12(3)18-11(2)19-20/h13,17H,4-10H2,1-3H3,(H2,16,21). The number of rotatable bonds is 7. The first-order chi connectivity index (χ1) is 9.99. The summed E-state index contributed by atoms with van der Waals surface area (Å²) in [6, 6.07) is 0. The van der Waals surface area contributed by atoms with Gasteiger partial charge in [0.25, 0.3) is 0 Å². The number of aromatic nitrogens is 3. The number of nitrogens with one attached hydrogen (secondary N) is 1. The van der Waals surface area contributed by atoms with Crippen molar-refractivity contribution < 1.29 is 4.79 Å². The van der Waals surface area contributed by atoms with Gasteiger partial charge < -0.3 is 11.1 Å². The van der Waals surface area contributed by atoms with Gasteiger partial charge in [-0.25, -0.2) is 4.98 Å². The molecule has 2 unspecified atom stereocenters. The molecule has 6 nitrogen and oxygen atoms in total. The maximum absolute atomic E-state index is 12.0. The van der Waals surface area contributed by atoms with E-state index < -0.39 is 5.54 Å². The van der Waals surface area contributed by atoms with E-state index in [2.05, 4.69) is 22.3 Å². The average molecular weight is 293 g/mol. The van der Waals surface area contributed by atoms with E-state index in [1.54, 1.807) is 0 Å². The first-order valence-electron chi connectivity index (χ1n) is 7.92. The van der Waals surface area contributed by atoms with Crippen molar-refractivity contribution in [3.8, 4) is 0 Å². The number of hydrogen-bond donors (Lipinski definition) is 2. The zero-order valence-corrected chi connectivity index (χ0v) is 13.4. The lowest BCUT2D eigenvalue weighted by Gasteiger charge is -2.33. The molecule has 0 aromatic carbocycles. The topological polar surface area (TPSA) is 85.8 Å².